The van der Waals surface area contributed by atoms with Crippen molar-refractivity contribution >= 4 is 5.91 Å². The van der Waals surface area contributed by atoms with E-state index in [0.717, 1.165) is 17.9 Å². The van der Waals surface area contributed by atoms with Gasteiger partial charge in [0.2, 0.25) is 5.91 Å². The maximum atomic E-state index is 12.8. The molecule has 23 heavy (non-hydrogen) atoms. The lowest BCUT2D eigenvalue weighted by molar-refractivity contribution is -0.143. The first-order chi connectivity index (χ1) is 11.0. The molecule has 1 fully saturated rings. The van der Waals surface area contributed by atoms with E-state index >= 15 is 0 Å². The number of benzene rings is 1. The van der Waals surface area contributed by atoms with Gasteiger partial charge in [0.15, 0.2) is 0 Å². The zero-order chi connectivity index (χ0) is 16.6. The Labute approximate surface area is 137 Å². The number of aromatic amines is 1. The zero-order valence-electron chi connectivity index (χ0n) is 14.3. The van der Waals surface area contributed by atoms with Crippen molar-refractivity contribution in [1.82, 2.24) is 15.1 Å². The molecule has 0 bridgehead atoms. The highest BCUT2D eigenvalue weighted by molar-refractivity contribution is 5.78. The standard InChI is InChI=1S/C19H25N3O/c1-12(18-14(3)20-21-15(18)4)10-17(23)22-11-13(2)19(22)16-8-6-5-7-9-16/h5-9,12-13,19H,10-11H2,1-4H3,(H,20,21). The van der Waals surface area contributed by atoms with Gasteiger partial charge < -0.3 is 4.90 Å². The minimum absolute atomic E-state index is 0.188. The van der Waals surface area contributed by atoms with Gasteiger partial charge in [-0.2, -0.15) is 5.10 Å². The maximum absolute atomic E-state index is 12.8. The van der Waals surface area contributed by atoms with Crippen LogP contribution in [0.3, 0.4) is 0 Å². The molecule has 0 aliphatic carbocycles. The van der Waals surface area contributed by atoms with Gasteiger partial charge >= 0.3 is 0 Å². The van der Waals surface area contributed by atoms with E-state index in [1.165, 1.54) is 11.1 Å². The average molecular weight is 311 g/mol. The molecule has 0 saturated carbocycles. The summed E-state index contributed by atoms with van der Waals surface area (Å²) < 4.78 is 0. The smallest absolute Gasteiger partial charge is 0.223 e. The summed E-state index contributed by atoms with van der Waals surface area (Å²) in [6, 6.07) is 10.6. The second-order valence-corrected chi connectivity index (χ2v) is 6.83. The van der Waals surface area contributed by atoms with E-state index < -0.39 is 0 Å². The van der Waals surface area contributed by atoms with E-state index in [1.54, 1.807) is 0 Å². The number of aryl methyl sites for hydroxylation is 2. The molecule has 1 aromatic carbocycles. The molecule has 0 radical (unpaired) electrons. The van der Waals surface area contributed by atoms with Gasteiger partial charge in [0.25, 0.3) is 0 Å². The first-order valence-electron chi connectivity index (χ1n) is 8.35. The largest absolute Gasteiger partial charge is 0.335 e. The Morgan fingerprint density at radius 3 is 2.61 bits per heavy atom. The average Bonchev–Trinajstić information content (AvgIpc) is 2.84. The second-order valence-electron chi connectivity index (χ2n) is 6.83. The number of H-pyrrole nitrogens is 1. The number of hydrogen-bond acceptors (Lipinski definition) is 2. The van der Waals surface area contributed by atoms with Crippen molar-refractivity contribution in [3.05, 3.63) is 52.8 Å². The molecule has 4 nitrogen and oxygen atoms in total. The van der Waals surface area contributed by atoms with Gasteiger partial charge in [0.1, 0.15) is 0 Å². The number of nitrogens with one attached hydrogen (secondary N) is 1. The fourth-order valence-corrected chi connectivity index (χ4v) is 3.88. The number of hydrogen-bond donors (Lipinski definition) is 1. The fraction of sp³-hybridized carbons (Fsp3) is 0.474. The zero-order valence-corrected chi connectivity index (χ0v) is 14.3. The Hall–Kier alpha value is -2.10. The number of carbonyl (C=O) groups is 1. The molecule has 1 aromatic heterocycles. The molecule has 3 unspecified atom stereocenters. The van der Waals surface area contributed by atoms with Crippen molar-refractivity contribution in [1.29, 1.82) is 0 Å². The molecule has 1 aliphatic heterocycles. The quantitative estimate of drug-likeness (QED) is 0.935. The van der Waals surface area contributed by atoms with E-state index in [2.05, 4.69) is 36.2 Å². The highest BCUT2D eigenvalue weighted by atomic mass is 16.2. The highest BCUT2D eigenvalue weighted by Crippen LogP contribution is 2.39. The summed E-state index contributed by atoms with van der Waals surface area (Å²) in [4.78, 5) is 14.8. The van der Waals surface area contributed by atoms with Crippen LogP contribution < -0.4 is 0 Å². The van der Waals surface area contributed by atoms with Crippen LogP contribution in [0.1, 0.15) is 54.7 Å². The van der Waals surface area contributed by atoms with E-state index in [0.29, 0.717) is 12.3 Å². The Morgan fingerprint density at radius 1 is 1.35 bits per heavy atom. The number of carbonyl (C=O) groups excluding carboxylic acids is 1. The number of nitrogens with zero attached hydrogens (tertiary/aromatic N) is 2. The van der Waals surface area contributed by atoms with Gasteiger partial charge in [0.05, 0.1) is 11.7 Å². The molecule has 2 heterocycles. The summed E-state index contributed by atoms with van der Waals surface area (Å²) in [6.07, 6.45) is 0.539. The summed E-state index contributed by atoms with van der Waals surface area (Å²) >= 11 is 0. The Bertz CT molecular complexity index is 672. The number of amides is 1. The molecule has 122 valence electrons. The third-order valence-corrected chi connectivity index (χ3v) is 4.98. The first-order valence-corrected chi connectivity index (χ1v) is 8.35. The normalized spacial score (nSPS) is 21.8. The van der Waals surface area contributed by atoms with Crippen LogP contribution in [0.4, 0.5) is 0 Å². The van der Waals surface area contributed by atoms with Crippen LogP contribution >= 0.6 is 0 Å². The van der Waals surface area contributed by atoms with Crippen LogP contribution in [0.5, 0.6) is 0 Å². The lowest BCUT2D eigenvalue weighted by Gasteiger charge is -2.47. The molecular formula is C19H25N3O. The summed E-state index contributed by atoms with van der Waals surface area (Å²) in [7, 11) is 0. The van der Waals surface area contributed by atoms with Gasteiger partial charge in [-0.3, -0.25) is 9.89 Å². The third-order valence-electron chi connectivity index (χ3n) is 4.98. The van der Waals surface area contributed by atoms with Crippen molar-refractivity contribution in [2.45, 2.75) is 46.1 Å². The SMILES string of the molecule is Cc1n[nH]c(C)c1C(C)CC(=O)N1CC(C)C1c1ccccc1. The van der Waals surface area contributed by atoms with Crippen molar-refractivity contribution < 1.29 is 4.79 Å². The molecule has 3 atom stereocenters. The van der Waals surface area contributed by atoms with E-state index in [9.17, 15) is 4.79 Å². The van der Waals surface area contributed by atoms with Crippen LogP contribution in [0.2, 0.25) is 0 Å². The third kappa shape index (κ3) is 2.90. The number of aromatic nitrogens is 2. The summed E-state index contributed by atoms with van der Waals surface area (Å²) in [5.74, 6) is 0.951. The van der Waals surface area contributed by atoms with Gasteiger partial charge in [0, 0.05) is 18.7 Å². The molecule has 1 amide bonds. The van der Waals surface area contributed by atoms with Crippen LogP contribution in [0.25, 0.3) is 0 Å². The molecular weight excluding hydrogens is 286 g/mol. The molecule has 4 heteroatoms. The maximum Gasteiger partial charge on any atom is 0.223 e. The van der Waals surface area contributed by atoms with E-state index in [4.69, 9.17) is 0 Å². The van der Waals surface area contributed by atoms with Crippen LogP contribution in [0.15, 0.2) is 30.3 Å². The number of rotatable bonds is 4. The van der Waals surface area contributed by atoms with E-state index in [1.807, 2.05) is 36.9 Å². The summed E-state index contributed by atoms with van der Waals surface area (Å²) in [5, 5.41) is 7.26. The molecule has 3 rings (SSSR count). The predicted octanol–water partition coefficient (Wildman–Crippen LogP) is 3.74. The monoisotopic (exact) mass is 311 g/mol. The highest BCUT2D eigenvalue weighted by Gasteiger charge is 2.40. The Kier molecular flexibility index (Phi) is 4.24. The van der Waals surface area contributed by atoms with Gasteiger partial charge in [-0.15, -0.1) is 0 Å². The molecule has 0 spiro atoms. The number of likely N-dealkylation sites (tertiary alicyclic amines) is 1. The van der Waals surface area contributed by atoms with E-state index in [-0.39, 0.29) is 17.9 Å². The van der Waals surface area contributed by atoms with Crippen LogP contribution in [0, 0.1) is 19.8 Å². The molecule has 1 N–H and O–H groups in total. The van der Waals surface area contributed by atoms with Crippen molar-refractivity contribution in [2.75, 3.05) is 6.54 Å². The topological polar surface area (TPSA) is 49.0 Å². The molecule has 1 aliphatic rings. The molecule has 1 saturated heterocycles. The van der Waals surface area contributed by atoms with Crippen molar-refractivity contribution in [3.8, 4) is 0 Å². The van der Waals surface area contributed by atoms with Crippen molar-refractivity contribution in [3.63, 3.8) is 0 Å². The second kappa shape index (κ2) is 6.19. The minimum atomic E-state index is 0.188. The lowest BCUT2D eigenvalue weighted by atomic mass is 9.83. The lowest BCUT2D eigenvalue weighted by Crippen LogP contribution is -2.51. The summed E-state index contributed by atoms with van der Waals surface area (Å²) in [6.45, 7) is 9.21. The predicted molar refractivity (Wildman–Crippen MR) is 91.2 cm³/mol. The minimum Gasteiger partial charge on any atom is -0.335 e. The summed E-state index contributed by atoms with van der Waals surface area (Å²) in [5.41, 5.74) is 4.49. The first kappa shape index (κ1) is 15.8. The Morgan fingerprint density at radius 2 is 2.04 bits per heavy atom. The van der Waals surface area contributed by atoms with Crippen LogP contribution in [-0.2, 0) is 4.79 Å². The fourth-order valence-electron chi connectivity index (χ4n) is 3.88. The van der Waals surface area contributed by atoms with Gasteiger partial charge in [-0.05, 0) is 36.8 Å². The van der Waals surface area contributed by atoms with Gasteiger partial charge in [-0.25, -0.2) is 0 Å². The Balaban J connectivity index is 1.71. The van der Waals surface area contributed by atoms with Crippen LogP contribution in [-0.4, -0.2) is 27.5 Å². The van der Waals surface area contributed by atoms with Crippen molar-refractivity contribution in [2.24, 2.45) is 5.92 Å². The molecule has 2 aromatic rings. The van der Waals surface area contributed by atoms with Gasteiger partial charge in [-0.1, -0.05) is 44.2 Å².